The van der Waals surface area contributed by atoms with Gasteiger partial charge in [-0.15, -0.1) is 0 Å². The fraction of sp³-hybridized carbons (Fsp3) is 0.200. The van der Waals surface area contributed by atoms with E-state index in [0.717, 1.165) is 12.2 Å². The third-order valence-corrected chi connectivity index (χ3v) is 2.93. The summed E-state index contributed by atoms with van der Waals surface area (Å²) in [7, 11) is 2.11. The van der Waals surface area contributed by atoms with Crippen molar-refractivity contribution >= 4 is 11.4 Å². The average Bonchev–Trinajstić information content (AvgIpc) is 2.32. The molecule has 0 saturated carbocycles. The van der Waals surface area contributed by atoms with Crippen LogP contribution in [0, 0.1) is 6.92 Å². The standard InChI is InChI=1S/C15H18N2/c1-12-5-3-4-6-15(12)17(2)11-13-7-9-14(16)10-8-13/h3-10H,11,16H2,1-2H3. The zero-order chi connectivity index (χ0) is 12.3. The first-order valence-electron chi connectivity index (χ1n) is 5.78. The molecular formula is C15H18N2. The minimum absolute atomic E-state index is 0.812. The highest BCUT2D eigenvalue weighted by molar-refractivity contribution is 5.53. The zero-order valence-electron chi connectivity index (χ0n) is 10.4. The predicted molar refractivity (Wildman–Crippen MR) is 74.1 cm³/mol. The molecule has 0 heterocycles. The highest BCUT2D eigenvalue weighted by atomic mass is 15.1. The van der Waals surface area contributed by atoms with E-state index in [2.05, 4.69) is 55.3 Å². The summed E-state index contributed by atoms with van der Waals surface area (Å²) in [5.41, 5.74) is 10.3. The molecular weight excluding hydrogens is 208 g/mol. The van der Waals surface area contributed by atoms with Crippen molar-refractivity contribution in [2.45, 2.75) is 13.5 Å². The van der Waals surface area contributed by atoms with Crippen LogP contribution in [0.25, 0.3) is 0 Å². The Hall–Kier alpha value is -1.96. The van der Waals surface area contributed by atoms with Crippen molar-refractivity contribution in [1.29, 1.82) is 0 Å². The van der Waals surface area contributed by atoms with Gasteiger partial charge < -0.3 is 10.6 Å². The molecule has 0 aliphatic rings. The summed E-state index contributed by atoms with van der Waals surface area (Å²) in [6, 6.07) is 16.5. The largest absolute Gasteiger partial charge is 0.399 e. The van der Waals surface area contributed by atoms with Gasteiger partial charge in [0.15, 0.2) is 0 Å². The highest BCUT2D eigenvalue weighted by Gasteiger charge is 2.04. The Morgan fingerprint density at radius 2 is 1.65 bits per heavy atom. The summed E-state index contributed by atoms with van der Waals surface area (Å²) < 4.78 is 0. The Morgan fingerprint density at radius 3 is 2.29 bits per heavy atom. The molecule has 0 fully saturated rings. The number of nitrogens with zero attached hydrogens (tertiary/aromatic N) is 1. The van der Waals surface area contributed by atoms with E-state index in [1.807, 2.05) is 12.1 Å². The van der Waals surface area contributed by atoms with Crippen molar-refractivity contribution in [2.24, 2.45) is 0 Å². The van der Waals surface area contributed by atoms with Gasteiger partial charge in [0.25, 0.3) is 0 Å². The normalized spacial score (nSPS) is 10.2. The average molecular weight is 226 g/mol. The van der Waals surface area contributed by atoms with Crippen molar-refractivity contribution in [3.8, 4) is 0 Å². The van der Waals surface area contributed by atoms with Crippen LogP contribution < -0.4 is 10.6 Å². The molecule has 0 bridgehead atoms. The number of nitrogens with two attached hydrogens (primary N) is 1. The molecule has 0 unspecified atom stereocenters. The number of hydrogen-bond donors (Lipinski definition) is 1. The topological polar surface area (TPSA) is 29.3 Å². The summed E-state index contributed by atoms with van der Waals surface area (Å²) in [6.45, 7) is 3.03. The summed E-state index contributed by atoms with van der Waals surface area (Å²) in [5.74, 6) is 0. The number of para-hydroxylation sites is 1. The van der Waals surface area contributed by atoms with Gasteiger partial charge in [0.2, 0.25) is 0 Å². The van der Waals surface area contributed by atoms with E-state index in [0.29, 0.717) is 0 Å². The van der Waals surface area contributed by atoms with E-state index >= 15 is 0 Å². The number of anilines is 2. The summed E-state index contributed by atoms with van der Waals surface area (Å²) in [6.07, 6.45) is 0. The quantitative estimate of drug-likeness (QED) is 0.814. The van der Waals surface area contributed by atoms with Crippen LogP contribution in [0.15, 0.2) is 48.5 Å². The predicted octanol–water partition coefficient (Wildman–Crippen LogP) is 3.21. The maximum atomic E-state index is 5.68. The fourth-order valence-corrected chi connectivity index (χ4v) is 1.97. The van der Waals surface area contributed by atoms with Gasteiger partial charge in [0.05, 0.1) is 0 Å². The molecule has 0 atom stereocenters. The van der Waals surface area contributed by atoms with Gasteiger partial charge in [-0.3, -0.25) is 0 Å². The van der Waals surface area contributed by atoms with Crippen LogP contribution >= 0.6 is 0 Å². The molecule has 17 heavy (non-hydrogen) atoms. The Balaban J connectivity index is 2.14. The van der Waals surface area contributed by atoms with Crippen LogP contribution in [-0.4, -0.2) is 7.05 Å². The van der Waals surface area contributed by atoms with Crippen LogP contribution in [0.2, 0.25) is 0 Å². The van der Waals surface area contributed by atoms with E-state index in [1.165, 1.54) is 16.8 Å². The lowest BCUT2D eigenvalue weighted by Gasteiger charge is -2.21. The van der Waals surface area contributed by atoms with Gasteiger partial charge in [-0.05, 0) is 36.2 Å². The Kier molecular flexibility index (Phi) is 3.33. The second-order valence-electron chi connectivity index (χ2n) is 4.38. The van der Waals surface area contributed by atoms with Crippen molar-refractivity contribution in [1.82, 2.24) is 0 Å². The second kappa shape index (κ2) is 4.91. The van der Waals surface area contributed by atoms with Gasteiger partial charge in [-0.2, -0.15) is 0 Å². The first-order chi connectivity index (χ1) is 8.16. The molecule has 2 aromatic rings. The molecule has 0 aliphatic heterocycles. The summed E-state index contributed by atoms with van der Waals surface area (Å²) in [4.78, 5) is 2.25. The monoisotopic (exact) mass is 226 g/mol. The van der Waals surface area contributed by atoms with E-state index in [9.17, 15) is 0 Å². The van der Waals surface area contributed by atoms with Crippen LogP contribution in [0.5, 0.6) is 0 Å². The van der Waals surface area contributed by atoms with Gasteiger partial charge in [-0.1, -0.05) is 30.3 Å². The van der Waals surface area contributed by atoms with Crippen LogP contribution in [0.4, 0.5) is 11.4 Å². The molecule has 88 valence electrons. The van der Waals surface area contributed by atoms with E-state index in [1.54, 1.807) is 0 Å². The third kappa shape index (κ3) is 2.78. The molecule has 0 aliphatic carbocycles. The Labute approximate surface area is 103 Å². The minimum Gasteiger partial charge on any atom is -0.399 e. The van der Waals surface area contributed by atoms with Crippen molar-refractivity contribution in [3.05, 3.63) is 59.7 Å². The molecule has 2 N–H and O–H groups in total. The molecule has 2 nitrogen and oxygen atoms in total. The molecule has 2 aromatic carbocycles. The van der Waals surface area contributed by atoms with Crippen LogP contribution in [-0.2, 0) is 6.54 Å². The number of hydrogen-bond acceptors (Lipinski definition) is 2. The lowest BCUT2D eigenvalue weighted by molar-refractivity contribution is 0.918. The number of aryl methyl sites for hydroxylation is 1. The molecule has 0 saturated heterocycles. The van der Waals surface area contributed by atoms with Crippen molar-refractivity contribution < 1.29 is 0 Å². The Bertz CT molecular complexity index is 489. The lowest BCUT2D eigenvalue weighted by atomic mass is 10.1. The number of nitrogen functional groups attached to an aromatic ring is 1. The van der Waals surface area contributed by atoms with Crippen molar-refractivity contribution in [2.75, 3.05) is 17.7 Å². The molecule has 0 radical (unpaired) electrons. The summed E-state index contributed by atoms with van der Waals surface area (Å²) in [5, 5.41) is 0. The van der Waals surface area contributed by atoms with E-state index < -0.39 is 0 Å². The number of benzene rings is 2. The van der Waals surface area contributed by atoms with Gasteiger partial charge >= 0.3 is 0 Å². The van der Waals surface area contributed by atoms with E-state index in [4.69, 9.17) is 5.73 Å². The minimum atomic E-state index is 0.812. The third-order valence-electron chi connectivity index (χ3n) is 2.93. The molecule has 0 spiro atoms. The summed E-state index contributed by atoms with van der Waals surface area (Å²) >= 11 is 0. The van der Waals surface area contributed by atoms with Gasteiger partial charge in [0.1, 0.15) is 0 Å². The first kappa shape index (κ1) is 11.5. The van der Waals surface area contributed by atoms with Gasteiger partial charge in [0, 0.05) is 25.0 Å². The number of rotatable bonds is 3. The van der Waals surface area contributed by atoms with E-state index in [-0.39, 0.29) is 0 Å². The zero-order valence-corrected chi connectivity index (χ0v) is 10.4. The Morgan fingerprint density at radius 1 is 1.00 bits per heavy atom. The SMILES string of the molecule is Cc1ccccc1N(C)Cc1ccc(N)cc1. The highest BCUT2D eigenvalue weighted by Crippen LogP contribution is 2.20. The molecule has 2 rings (SSSR count). The second-order valence-corrected chi connectivity index (χ2v) is 4.38. The van der Waals surface area contributed by atoms with Gasteiger partial charge in [-0.25, -0.2) is 0 Å². The molecule has 2 heteroatoms. The van der Waals surface area contributed by atoms with Crippen molar-refractivity contribution in [3.63, 3.8) is 0 Å². The fourth-order valence-electron chi connectivity index (χ4n) is 1.97. The van der Waals surface area contributed by atoms with Crippen LogP contribution in [0.3, 0.4) is 0 Å². The van der Waals surface area contributed by atoms with Crippen LogP contribution in [0.1, 0.15) is 11.1 Å². The maximum absolute atomic E-state index is 5.68. The maximum Gasteiger partial charge on any atom is 0.0426 e. The lowest BCUT2D eigenvalue weighted by Crippen LogP contribution is -2.17. The molecule has 0 aromatic heterocycles. The smallest absolute Gasteiger partial charge is 0.0426 e. The first-order valence-corrected chi connectivity index (χ1v) is 5.78. The molecule has 0 amide bonds.